The zero-order chi connectivity index (χ0) is 14.6. The molecule has 2 heterocycles. The molecule has 2 rings (SSSR count). The van der Waals surface area contributed by atoms with Crippen molar-refractivity contribution in [2.75, 3.05) is 6.61 Å². The second-order valence-corrected chi connectivity index (χ2v) is 7.01. The number of nitrogens with zero attached hydrogens (tertiary/aromatic N) is 1. The first-order valence-electron chi connectivity index (χ1n) is 6.40. The number of carbonyl (C=O) groups is 1. The minimum absolute atomic E-state index is 0.0620. The van der Waals surface area contributed by atoms with Crippen LogP contribution in [0.5, 0.6) is 0 Å². The molecule has 0 spiro atoms. The summed E-state index contributed by atoms with van der Waals surface area (Å²) in [6.07, 6.45) is 0.812. The Morgan fingerprint density at radius 3 is 2.90 bits per heavy atom. The predicted octanol–water partition coefficient (Wildman–Crippen LogP) is 2.69. The van der Waals surface area contributed by atoms with Gasteiger partial charge in [-0.3, -0.25) is 4.79 Å². The van der Waals surface area contributed by atoms with Gasteiger partial charge in [-0.05, 0) is 31.7 Å². The summed E-state index contributed by atoms with van der Waals surface area (Å²) in [5.74, 6) is -0.0634. The van der Waals surface area contributed by atoms with Gasteiger partial charge >= 0.3 is 0 Å². The Labute approximate surface area is 126 Å². The number of aliphatic hydroxyl groups is 1. The van der Waals surface area contributed by atoms with Crippen molar-refractivity contribution in [1.82, 2.24) is 10.3 Å². The Morgan fingerprint density at radius 2 is 2.25 bits per heavy atom. The summed E-state index contributed by atoms with van der Waals surface area (Å²) in [4.78, 5) is 17.6. The molecule has 6 heteroatoms. The maximum Gasteiger partial charge on any atom is 0.226 e. The zero-order valence-electron chi connectivity index (χ0n) is 11.5. The van der Waals surface area contributed by atoms with E-state index in [0.29, 0.717) is 6.42 Å². The Balaban J connectivity index is 1.95. The summed E-state index contributed by atoms with van der Waals surface area (Å²) in [7, 11) is 0. The number of thiazole rings is 1. The zero-order valence-corrected chi connectivity index (χ0v) is 13.2. The fourth-order valence-corrected chi connectivity index (χ4v) is 3.46. The fraction of sp³-hybridized carbons (Fsp3) is 0.429. The van der Waals surface area contributed by atoms with Crippen LogP contribution in [-0.4, -0.2) is 28.1 Å². The van der Waals surface area contributed by atoms with Crippen LogP contribution in [0.2, 0.25) is 0 Å². The van der Waals surface area contributed by atoms with Gasteiger partial charge in [0.2, 0.25) is 5.91 Å². The van der Waals surface area contributed by atoms with Crippen molar-refractivity contribution in [2.45, 2.75) is 32.2 Å². The minimum atomic E-state index is -0.390. The average molecular weight is 310 g/mol. The maximum atomic E-state index is 12.0. The van der Waals surface area contributed by atoms with Gasteiger partial charge in [0.1, 0.15) is 5.01 Å². The van der Waals surface area contributed by atoms with E-state index in [1.807, 2.05) is 36.7 Å². The van der Waals surface area contributed by atoms with Crippen LogP contribution in [0.25, 0.3) is 9.88 Å². The van der Waals surface area contributed by atoms with Gasteiger partial charge in [-0.25, -0.2) is 4.98 Å². The SMILES string of the molecule is CC(C)(CCO)NC(=O)Cc1csc(-c2cccs2)n1. The van der Waals surface area contributed by atoms with E-state index in [1.165, 1.54) is 0 Å². The maximum absolute atomic E-state index is 12.0. The summed E-state index contributed by atoms with van der Waals surface area (Å²) in [5.41, 5.74) is 0.397. The largest absolute Gasteiger partial charge is 0.396 e. The van der Waals surface area contributed by atoms with Crippen LogP contribution < -0.4 is 5.32 Å². The number of aliphatic hydroxyl groups excluding tert-OH is 1. The first kappa shape index (κ1) is 15.2. The summed E-state index contributed by atoms with van der Waals surface area (Å²) < 4.78 is 0. The third-order valence-electron chi connectivity index (χ3n) is 2.84. The number of nitrogens with one attached hydrogen (secondary N) is 1. The first-order chi connectivity index (χ1) is 9.50. The molecule has 2 aromatic heterocycles. The van der Waals surface area contributed by atoms with Gasteiger partial charge in [0.25, 0.3) is 0 Å². The number of hydrogen-bond donors (Lipinski definition) is 2. The lowest BCUT2D eigenvalue weighted by atomic mass is 10.0. The van der Waals surface area contributed by atoms with E-state index in [4.69, 9.17) is 5.11 Å². The van der Waals surface area contributed by atoms with E-state index < -0.39 is 5.54 Å². The van der Waals surface area contributed by atoms with Gasteiger partial charge < -0.3 is 10.4 Å². The topological polar surface area (TPSA) is 62.2 Å². The van der Waals surface area contributed by atoms with E-state index in [9.17, 15) is 4.79 Å². The summed E-state index contributed by atoms with van der Waals surface area (Å²) in [6, 6.07) is 4.02. The smallest absolute Gasteiger partial charge is 0.226 e. The second-order valence-electron chi connectivity index (χ2n) is 5.20. The van der Waals surface area contributed by atoms with E-state index in [-0.39, 0.29) is 18.9 Å². The first-order valence-corrected chi connectivity index (χ1v) is 8.16. The number of rotatable bonds is 6. The van der Waals surface area contributed by atoms with Crippen molar-refractivity contribution in [1.29, 1.82) is 0 Å². The highest BCUT2D eigenvalue weighted by molar-refractivity contribution is 7.20. The van der Waals surface area contributed by atoms with Crippen molar-refractivity contribution in [3.8, 4) is 9.88 Å². The molecule has 0 saturated heterocycles. The van der Waals surface area contributed by atoms with Crippen LogP contribution in [0.4, 0.5) is 0 Å². The molecule has 0 saturated carbocycles. The summed E-state index contributed by atoms with van der Waals surface area (Å²) in [6.45, 7) is 3.87. The molecular formula is C14H18N2O2S2. The molecule has 0 unspecified atom stereocenters. The van der Waals surface area contributed by atoms with Crippen molar-refractivity contribution < 1.29 is 9.90 Å². The second kappa shape index (κ2) is 6.47. The fourth-order valence-electron chi connectivity index (χ4n) is 1.83. The monoisotopic (exact) mass is 310 g/mol. The molecule has 0 bridgehead atoms. The third kappa shape index (κ3) is 4.13. The molecule has 4 nitrogen and oxygen atoms in total. The average Bonchev–Trinajstić information content (AvgIpc) is 2.96. The van der Waals surface area contributed by atoms with Crippen molar-refractivity contribution >= 4 is 28.6 Å². The van der Waals surface area contributed by atoms with Crippen LogP contribution in [0.1, 0.15) is 26.0 Å². The number of carbonyl (C=O) groups excluding carboxylic acids is 1. The van der Waals surface area contributed by atoms with Gasteiger partial charge in [-0.1, -0.05) is 6.07 Å². The molecule has 0 aliphatic rings. The number of amides is 1. The highest BCUT2D eigenvalue weighted by Crippen LogP contribution is 2.27. The normalized spacial score (nSPS) is 11.6. The highest BCUT2D eigenvalue weighted by atomic mass is 32.1. The molecule has 108 valence electrons. The number of aromatic nitrogens is 1. The molecule has 2 N–H and O–H groups in total. The Morgan fingerprint density at radius 1 is 1.45 bits per heavy atom. The molecule has 0 aliphatic heterocycles. The molecule has 0 atom stereocenters. The van der Waals surface area contributed by atoms with Crippen molar-refractivity contribution in [3.05, 3.63) is 28.6 Å². The van der Waals surface area contributed by atoms with Crippen LogP contribution in [0.3, 0.4) is 0 Å². The minimum Gasteiger partial charge on any atom is -0.396 e. The lowest BCUT2D eigenvalue weighted by Gasteiger charge is -2.25. The Kier molecular flexibility index (Phi) is 4.91. The molecule has 0 aliphatic carbocycles. The van der Waals surface area contributed by atoms with Gasteiger partial charge in [0.05, 0.1) is 17.0 Å². The van der Waals surface area contributed by atoms with Crippen molar-refractivity contribution in [2.24, 2.45) is 0 Å². The van der Waals surface area contributed by atoms with E-state index in [0.717, 1.165) is 15.6 Å². The standard InChI is InChI=1S/C14H18N2O2S2/c1-14(2,5-6-17)16-12(18)8-10-9-20-13(15-10)11-4-3-7-19-11/h3-4,7,9,17H,5-6,8H2,1-2H3,(H,16,18). The lowest BCUT2D eigenvalue weighted by Crippen LogP contribution is -2.44. The Hall–Kier alpha value is -1.24. The quantitative estimate of drug-likeness (QED) is 0.862. The molecule has 0 aromatic carbocycles. The number of thiophene rings is 1. The van der Waals surface area contributed by atoms with Crippen LogP contribution in [-0.2, 0) is 11.2 Å². The molecule has 0 fully saturated rings. The van der Waals surface area contributed by atoms with Gasteiger partial charge in [0.15, 0.2) is 0 Å². The van der Waals surface area contributed by atoms with Gasteiger partial charge in [-0.15, -0.1) is 22.7 Å². The Bertz CT molecular complexity index is 562. The van der Waals surface area contributed by atoms with Crippen molar-refractivity contribution in [3.63, 3.8) is 0 Å². The molecule has 20 heavy (non-hydrogen) atoms. The highest BCUT2D eigenvalue weighted by Gasteiger charge is 2.20. The summed E-state index contributed by atoms with van der Waals surface area (Å²) in [5, 5.41) is 16.8. The van der Waals surface area contributed by atoms with Gasteiger partial charge in [0, 0.05) is 17.5 Å². The molecule has 2 aromatic rings. The van der Waals surface area contributed by atoms with Crippen LogP contribution in [0, 0.1) is 0 Å². The number of hydrogen-bond acceptors (Lipinski definition) is 5. The van der Waals surface area contributed by atoms with E-state index in [1.54, 1.807) is 22.7 Å². The molecule has 1 amide bonds. The van der Waals surface area contributed by atoms with Crippen LogP contribution >= 0.6 is 22.7 Å². The molecular weight excluding hydrogens is 292 g/mol. The van der Waals surface area contributed by atoms with E-state index in [2.05, 4.69) is 10.3 Å². The predicted molar refractivity (Wildman–Crippen MR) is 83.1 cm³/mol. The van der Waals surface area contributed by atoms with E-state index >= 15 is 0 Å². The lowest BCUT2D eigenvalue weighted by molar-refractivity contribution is -0.122. The molecule has 0 radical (unpaired) electrons. The van der Waals surface area contributed by atoms with Gasteiger partial charge in [-0.2, -0.15) is 0 Å². The summed E-state index contributed by atoms with van der Waals surface area (Å²) >= 11 is 3.20. The third-order valence-corrected chi connectivity index (χ3v) is 4.77. The van der Waals surface area contributed by atoms with Crippen LogP contribution in [0.15, 0.2) is 22.9 Å².